The van der Waals surface area contributed by atoms with Gasteiger partial charge in [-0.2, -0.15) is 0 Å². The van der Waals surface area contributed by atoms with Crippen LogP contribution in [0, 0.1) is 0 Å². The summed E-state index contributed by atoms with van der Waals surface area (Å²) in [6.07, 6.45) is 1.41. The van der Waals surface area contributed by atoms with E-state index in [1.165, 1.54) is 4.57 Å². The van der Waals surface area contributed by atoms with Gasteiger partial charge in [-0.15, -0.1) is 0 Å². The van der Waals surface area contributed by atoms with E-state index in [9.17, 15) is 14.7 Å². The lowest BCUT2D eigenvalue weighted by Crippen LogP contribution is -2.37. The van der Waals surface area contributed by atoms with Gasteiger partial charge in [0, 0.05) is 19.1 Å². The van der Waals surface area contributed by atoms with Crippen LogP contribution in [0.15, 0.2) is 9.59 Å². The van der Waals surface area contributed by atoms with Gasteiger partial charge < -0.3 is 10.0 Å². The number of H-pyrrole nitrogens is 1. The van der Waals surface area contributed by atoms with Gasteiger partial charge in [0.15, 0.2) is 0 Å². The summed E-state index contributed by atoms with van der Waals surface area (Å²) in [7, 11) is 1.97. The third-order valence-electron chi connectivity index (χ3n) is 3.64. The van der Waals surface area contributed by atoms with Crippen molar-refractivity contribution in [1.29, 1.82) is 0 Å². The van der Waals surface area contributed by atoms with E-state index in [2.05, 4.69) is 23.7 Å². The van der Waals surface area contributed by atoms with Crippen LogP contribution in [0.1, 0.15) is 32.8 Å². The van der Waals surface area contributed by atoms with Crippen LogP contribution in [0.4, 0.5) is 0 Å². The highest BCUT2D eigenvalue weighted by molar-refractivity contribution is 5.22. The van der Waals surface area contributed by atoms with Crippen LogP contribution >= 0.6 is 0 Å². The van der Waals surface area contributed by atoms with Crippen molar-refractivity contribution in [3.05, 3.63) is 26.4 Å². The van der Waals surface area contributed by atoms with E-state index in [4.69, 9.17) is 0 Å². The average molecular weight is 269 g/mol. The SMILES string of the molecule is CCc1c(O)n(CCN(C)C(C)CC)c(=O)[nH]c1=O. The fraction of sp³-hybridized carbons (Fsp3) is 0.692. The smallest absolute Gasteiger partial charge is 0.331 e. The molecule has 1 aromatic rings. The first kappa shape index (κ1) is 15.5. The number of rotatable bonds is 6. The van der Waals surface area contributed by atoms with Crippen LogP contribution in [0.5, 0.6) is 5.88 Å². The summed E-state index contributed by atoms with van der Waals surface area (Å²) in [4.78, 5) is 27.6. The first-order valence-corrected chi connectivity index (χ1v) is 6.67. The Morgan fingerprint density at radius 2 is 2.00 bits per heavy atom. The maximum Gasteiger partial charge on any atom is 0.331 e. The number of nitrogens with zero attached hydrogens (tertiary/aromatic N) is 2. The topological polar surface area (TPSA) is 78.3 Å². The zero-order chi connectivity index (χ0) is 14.6. The predicted molar refractivity (Wildman–Crippen MR) is 74.7 cm³/mol. The Balaban J connectivity index is 2.96. The van der Waals surface area contributed by atoms with E-state index < -0.39 is 11.2 Å². The van der Waals surface area contributed by atoms with Gasteiger partial charge in [-0.25, -0.2) is 4.79 Å². The van der Waals surface area contributed by atoms with E-state index in [0.717, 1.165) is 6.42 Å². The highest BCUT2D eigenvalue weighted by Gasteiger charge is 2.13. The molecule has 0 amide bonds. The van der Waals surface area contributed by atoms with Gasteiger partial charge in [0.05, 0.1) is 5.56 Å². The van der Waals surface area contributed by atoms with Gasteiger partial charge >= 0.3 is 5.69 Å². The summed E-state index contributed by atoms with van der Waals surface area (Å²) in [6, 6.07) is 0.409. The molecule has 1 unspecified atom stereocenters. The molecule has 0 aliphatic heterocycles. The first-order chi connectivity index (χ1) is 8.92. The largest absolute Gasteiger partial charge is 0.494 e. The third-order valence-corrected chi connectivity index (χ3v) is 3.64. The minimum Gasteiger partial charge on any atom is -0.494 e. The molecule has 0 radical (unpaired) electrons. The van der Waals surface area contributed by atoms with E-state index in [1.54, 1.807) is 6.92 Å². The molecule has 2 N–H and O–H groups in total. The summed E-state index contributed by atoms with van der Waals surface area (Å²) in [6.45, 7) is 6.96. The quantitative estimate of drug-likeness (QED) is 0.790. The molecule has 6 nitrogen and oxygen atoms in total. The highest BCUT2D eigenvalue weighted by atomic mass is 16.3. The number of likely N-dealkylation sites (N-methyl/N-ethyl adjacent to an activating group) is 1. The molecule has 0 fully saturated rings. The molecule has 0 saturated heterocycles. The molecule has 1 atom stereocenters. The minimum absolute atomic E-state index is 0.214. The predicted octanol–water partition coefficient (Wildman–Crippen LogP) is 0.535. The number of hydrogen-bond donors (Lipinski definition) is 2. The molecule has 6 heteroatoms. The highest BCUT2D eigenvalue weighted by Crippen LogP contribution is 2.10. The molecule has 0 aliphatic rings. The fourth-order valence-electron chi connectivity index (χ4n) is 1.92. The second-order valence-electron chi connectivity index (χ2n) is 4.80. The molecule has 1 rings (SSSR count). The van der Waals surface area contributed by atoms with E-state index >= 15 is 0 Å². The van der Waals surface area contributed by atoms with Crippen molar-refractivity contribution in [2.45, 2.75) is 46.2 Å². The summed E-state index contributed by atoms with van der Waals surface area (Å²) < 4.78 is 1.22. The molecule has 108 valence electrons. The van der Waals surface area contributed by atoms with Crippen LogP contribution in [0.3, 0.4) is 0 Å². The molecular weight excluding hydrogens is 246 g/mol. The summed E-state index contributed by atoms with van der Waals surface area (Å²) in [5.41, 5.74) is -0.806. The molecule has 0 saturated carbocycles. The van der Waals surface area contributed by atoms with E-state index in [-0.39, 0.29) is 11.4 Å². The zero-order valence-corrected chi connectivity index (χ0v) is 12.1. The molecule has 0 aliphatic carbocycles. The monoisotopic (exact) mass is 269 g/mol. The Labute approximate surface area is 112 Å². The molecule has 19 heavy (non-hydrogen) atoms. The van der Waals surface area contributed by atoms with Gasteiger partial charge in [0.25, 0.3) is 5.56 Å². The van der Waals surface area contributed by atoms with Gasteiger partial charge in [-0.05, 0) is 26.8 Å². The fourth-order valence-corrected chi connectivity index (χ4v) is 1.92. The minimum atomic E-state index is -0.558. The molecule has 0 bridgehead atoms. The van der Waals surface area contributed by atoms with Crippen molar-refractivity contribution in [1.82, 2.24) is 14.5 Å². The van der Waals surface area contributed by atoms with Crippen molar-refractivity contribution >= 4 is 0 Å². The molecule has 0 spiro atoms. The number of aromatic nitrogens is 2. The maximum absolute atomic E-state index is 11.7. The number of hydrogen-bond acceptors (Lipinski definition) is 4. The van der Waals surface area contributed by atoms with Gasteiger partial charge in [-0.3, -0.25) is 14.3 Å². The van der Waals surface area contributed by atoms with Crippen LogP contribution in [0.2, 0.25) is 0 Å². The first-order valence-electron chi connectivity index (χ1n) is 6.67. The Morgan fingerprint density at radius 1 is 1.37 bits per heavy atom. The number of nitrogens with one attached hydrogen (secondary N) is 1. The van der Waals surface area contributed by atoms with Crippen molar-refractivity contribution in [2.75, 3.05) is 13.6 Å². The van der Waals surface area contributed by atoms with Crippen molar-refractivity contribution in [3.8, 4) is 5.88 Å². The Hall–Kier alpha value is -1.56. The summed E-state index contributed by atoms with van der Waals surface area (Å²) in [5.74, 6) is -0.214. The van der Waals surface area contributed by atoms with Crippen LogP contribution < -0.4 is 11.2 Å². The standard InChI is InChI=1S/C13H23N3O3/c1-5-9(3)15(4)7-8-16-12(18)10(6-2)11(17)14-13(16)19/h9,18H,5-8H2,1-4H3,(H,14,17,19). The Morgan fingerprint density at radius 3 is 2.53 bits per heavy atom. The van der Waals surface area contributed by atoms with Crippen molar-refractivity contribution in [3.63, 3.8) is 0 Å². The van der Waals surface area contributed by atoms with Gasteiger partial charge in [0.2, 0.25) is 5.88 Å². The second-order valence-corrected chi connectivity index (χ2v) is 4.80. The average Bonchev–Trinajstić information content (AvgIpc) is 2.37. The third kappa shape index (κ3) is 3.47. The summed E-state index contributed by atoms with van der Waals surface area (Å²) in [5, 5.41) is 9.98. The lowest BCUT2D eigenvalue weighted by molar-refractivity contribution is 0.235. The van der Waals surface area contributed by atoms with Crippen LogP contribution in [0.25, 0.3) is 0 Å². The Bertz CT molecular complexity index is 533. The lowest BCUT2D eigenvalue weighted by atomic mass is 10.2. The molecular formula is C13H23N3O3. The number of aromatic amines is 1. The van der Waals surface area contributed by atoms with E-state index in [1.807, 2.05) is 7.05 Å². The van der Waals surface area contributed by atoms with Crippen LogP contribution in [-0.2, 0) is 13.0 Å². The van der Waals surface area contributed by atoms with Crippen molar-refractivity contribution in [2.24, 2.45) is 0 Å². The molecule has 0 aromatic carbocycles. The Kier molecular flexibility index (Phi) is 5.35. The molecule has 1 heterocycles. The van der Waals surface area contributed by atoms with Crippen molar-refractivity contribution < 1.29 is 5.11 Å². The van der Waals surface area contributed by atoms with Gasteiger partial charge in [0.1, 0.15) is 0 Å². The second kappa shape index (κ2) is 6.56. The van der Waals surface area contributed by atoms with E-state index in [0.29, 0.717) is 25.6 Å². The van der Waals surface area contributed by atoms with Crippen LogP contribution in [-0.4, -0.2) is 39.2 Å². The lowest BCUT2D eigenvalue weighted by Gasteiger charge is -2.24. The van der Waals surface area contributed by atoms with Gasteiger partial charge in [-0.1, -0.05) is 13.8 Å². The molecule has 1 aromatic heterocycles. The zero-order valence-electron chi connectivity index (χ0n) is 12.1. The normalized spacial score (nSPS) is 12.9. The number of aromatic hydroxyl groups is 1. The maximum atomic E-state index is 11.7. The summed E-state index contributed by atoms with van der Waals surface area (Å²) >= 11 is 0.